The molecular weight excluding hydrogens is 270 g/mol. The van der Waals surface area contributed by atoms with Crippen LogP contribution in [0.15, 0.2) is 29.2 Å². The van der Waals surface area contributed by atoms with Crippen molar-refractivity contribution < 1.29 is 4.79 Å². The average molecular weight is 287 g/mol. The zero-order valence-electron chi connectivity index (χ0n) is 11.6. The van der Waals surface area contributed by atoms with Gasteiger partial charge in [-0.2, -0.15) is 5.10 Å². The number of fused-ring (bicyclic) bond motifs is 1. The van der Waals surface area contributed by atoms with Crippen molar-refractivity contribution in [3.63, 3.8) is 0 Å². The van der Waals surface area contributed by atoms with Crippen molar-refractivity contribution in [2.45, 2.75) is 24.8 Å². The maximum absolute atomic E-state index is 11.6. The highest BCUT2D eigenvalue weighted by Crippen LogP contribution is 2.29. The summed E-state index contributed by atoms with van der Waals surface area (Å²) in [5.41, 5.74) is 4.39. The molecule has 4 nitrogen and oxygen atoms in total. The fourth-order valence-corrected chi connectivity index (χ4v) is 2.96. The van der Waals surface area contributed by atoms with E-state index in [1.165, 1.54) is 4.90 Å². The molecule has 0 radical (unpaired) electrons. The maximum atomic E-state index is 11.6. The third-order valence-corrected chi connectivity index (χ3v) is 4.49. The molecule has 5 heteroatoms. The molecule has 1 N–H and O–H groups in total. The highest BCUT2D eigenvalue weighted by molar-refractivity contribution is 7.98. The van der Waals surface area contributed by atoms with Gasteiger partial charge in [-0.25, -0.2) is 0 Å². The first-order valence-electron chi connectivity index (χ1n) is 6.65. The molecule has 2 heterocycles. The van der Waals surface area contributed by atoms with E-state index < -0.39 is 0 Å². The Morgan fingerprint density at radius 1 is 1.35 bits per heavy atom. The highest BCUT2D eigenvalue weighted by Gasteiger charge is 2.23. The summed E-state index contributed by atoms with van der Waals surface area (Å²) in [4.78, 5) is 14.7. The summed E-state index contributed by atoms with van der Waals surface area (Å²) in [5, 5.41) is 7.57. The summed E-state index contributed by atoms with van der Waals surface area (Å²) >= 11 is 1.73. The maximum Gasteiger partial charge on any atom is 0.219 e. The molecule has 2 aromatic rings. The third-order valence-electron chi connectivity index (χ3n) is 3.74. The predicted molar refractivity (Wildman–Crippen MR) is 80.6 cm³/mol. The molecule has 0 spiro atoms. The molecule has 0 saturated heterocycles. The average Bonchev–Trinajstić information content (AvgIpc) is 2.90. The van der Waals surface area contributed by atoms with Gasteiger partial charge in [0.25, 0.3) is 0 Å². The minimum absolute atomic E-state index is 0.125. The summed E-state index contributed by atoms with van der Waals surface area (Å²) in [6, 6.07) is 8.39. The molecule has 1 aliphatic rings. The van der Waals surface area contributed by atoms with Crippen molar-refractivity contribution >= 4 is 17.7 Å². The van der Waals surface area contributed by atoms with Gasteiger partial charge in [0.2, 0.25) is 5.91 Å². The van der Waals surface area contributed by atoms with E-state index in [4.69, 9.17) is 0 Å². The molecule has 3 rings (SSSR count). The van der Waals surface area contributed by atoms with E-state index in [1.54, 1.807) is 18.7 Å². The van der Waals surface area contributed by atoms with Crippen LogP contribution >= 0.6 is 11.8 Å². The number of nitrogens with zero attached hydrogens (tertiary/aromatic N) is 2. The molecule has 0 atom stereocenters. The number of aromatic amines is 1. The summed E-state index contributed by atoms with van der Waals surface area (Å²) in [6.45, 7) is 3.05. The van der Waals surface area contributed by atoms with Crippen LogP contribution in [-0.2, 0) is 17.8 Å². The van der Waals surface area contributed by atoms with Crippen LogP contribution in [0.4, 0.5) is 0 Å². The van der Waals surface area contributed by atoms with E-state index in [-0.39, 0.29) is 5.91 Å². The first kappa shape index (κ1) is 13.2. The summed E-state index contributed by atoms with van der Waals surface area (Å²) in [7, 11) is 0. The van der Waals surface area contributed by atoms with Crippen LogP contribution in [0.1, 0.15) is 18.2 Å². The van der Waals surface area contributed by atoms with Gasteiger partial charge in [-0.1, -0.05) is 12.1 Å². The number of amides is 1. The normalized spacial score (nSPS) is 14.2. The van der Waals surface area contributed by atoms with Crippen LogP contribution in [0.5, 0.6) is 0 Å². The second-order valence-electron chi connectivity index (χ2n) is 4.95. The van der Waals surface area contributed by atoms with Gasteiger partial charge in [-0.15, -0.1) is 11.8 Å². The van der Waals surface area contributed by atoms with Crippen LogP contribution in [0.3, 0.4) is 0 Å². The molecule has 1 aromatic heterocycles. The number of benzene rings is 1. The Bertz CT molecular complexity index is 633. The molecule has 20 heavy (non-hydrogen) atoms. The topological polar surface area (TPSA) is 49.0 Å². The Labute approximate surface area is 122 Å². The molecule has 0 aliphatic carbocycles. The van der Waals surface area contributed by atoms with Crippen molar-refractivity contribution in [3.05, 3.63) is 35.5 Å². The number of hydrogen-bond acceptors (Lipinski definition) is 3. The Morgan fingerprint density at radius 3 is 2.75 bits per heavy atom. The van der Waals surface area contributed by atoms with E-state index in [0.29, 0.717) is 6.54 Å². The molecule has 1 amide bonds. The van der Waals surface area contributed by atoms with E-state index in [9.17, 15) is 4.79 Å². The van der Waals surface area contributed by atoms with Crippen LogP contribution in [0.25, 0.3) is 11.3 Å². The lowest BCUT2D eigenvalue weighted by Gasteiger charge is -2.25. The predicted octanol–water partition coefficient (Wildman–Crippen LogP) is 2.70. The molecule has 1 aromatic carbocycles. The van der Waals surface area contributed by atoms with Crippen LogP contribution in [0.2, 0.25) is 0 Å². The number of H-pyrrole nitrogens is 1. The molecular formula is C15H17N3OS. The number of rotatable bonds is 2. The van der Waals surface area contributed by atoms with Crippen molar-refractivity contribution in [2.24, 2.45) is 0 Å². The van der Waals surface area contributed by atoms with Crippen LogP contribution < -0.4 is 0 Å². The number of nitrogens with one attached hydrogen (secondary N) is 1. The Morgan fingerprint density at radius 2 is 2.10 bits per heavy atom. The second-order valence-corrected chi connectivity index (χ2v) is 5.83. The Balaban J connectivity index is 1.95. The summed E-state index contributed by atoms with van der Waals surface area (Å²) < 4.78 is 0. The smallest absolute Gasteiger partial charge is 0.219 e. The van der Waals surface area contributed by atoms with Gasteiger partial charge in [-0.3, -0.25) is 9.89 Å². The summed E-state index contributed by atoms with van der Waals surface area (Å²) in [6.07, 6.45) is 2.92. The Hall–Kier alpha value is -1.75. The van der Waals surface area contributed by atoms with Crippen molar-refractivity contribution in [3.8, 4) is 11.3 Å². The van der Waals surface area contributed by atoms with Gasteiger partial charge in [0.15, 0.2) is 0 Å². The SMILES string of the molecule is CSc1ccc(-c2n[nH]c3c2CN(C(C)=O)CC3)cc1. The second kappa shape index (κ2) is 5.32. The lowest BCUT2D eigenvalue weighted by molar-refractivity contribution is -0.129. The fraction of sp³-hybridized carbons (Fsp3) is 0.333. The zero-order chi connectivity index (χ0) is 14.1. The van der Waals surface area contributed by atoms with Gasteiger partial charge in [0.05, 0.1) is 5.69 Å². The van der Waals surface area contributed by atoms with Gasteiger partial charge < -0.3 is 4.90 Å². The van der Waals surface area contributed by atoms with Gasteiger partial charge >= 0.3 is 0 Å². The first-order valence-corrected chi connectivity index (χ1v) is 7.87. The Kier molecular flexibility index (Phi) is 3.53. The number of aromatic nitrogens is 2. The molecule has 1 aliphatic heterocycles. The fourth-order valence-electron chi connectivity index (χ4n) is 2.55. The van der Waals surface area contributed by atoms with Crippen molar-refractivity contribution in [2.75, 3.05) is 12.8 Å². The highest BCUT2D eigenvalue weighted by atomic mass is 32.2. The largest absolute Gasteiger partial charge is 0.338 e. The molecule has 0 bridgehead atoms. The molecule has 0 fully saturated rings. The van der Waals surface area contributed by atoms with E-state index in [2.05, 4.69) is 40.7 Å². The minimum Gasteiger partial charge on any atom is -0.338 e. The number of hydrogen-bond donors (Lipinski definition) is 1. The molecule has 104 valence electrons. The van der Waals surface area contributed by atoms with Gasteiger partial charge in [0, 0.05) is 48.2 Å². The number of thioether (sulfide) groups is 1. The zero-order valence-corrected chi connectivity index (χ0v) is 12.5. The van der Waals surface area contributed by atoms with Crippen LogP contribution in [-0.4, -0.2) is 33.8 Å². The van der Waals surface area contributed by atoms with Crippen molar-refractivity contribution in [1.29, 1.82) is 0 Å². The number of carbonyl (C=O) groups is 1. The van der Waals surface area contributed by atoms with Gasteiger partial charge in [0.1, 0.15) is 0 Å². The van der Waals surface area contributed by atoms with E-state index >= 15 is 0 Å². The van der Waals surface area contributed by atoms with E-state index in [1.807, 2.05) is 4.90 Å². The van der Waals surface area contributed by atoms with Crippen molar-refractivity contribution in [1.82, 2.24) is 15.1 Å². The molecule has 0 unspecified atom stereocenters. The van der Waals surface area contributed by atoms with Gasteiger partial charge in [-0.05, 0) is 18.4 Å². The summed E-state index contributed by atoms with van der Waals surface area (Å²) in [5.74, 6) is 0.125. The monoisotopic (exact) mass is 287 g/mol. The molecule has 0 saturated carbocycles. The lowest BCUT2D eigenvalue weighted by atomic mass is 10.0. The lowest BCUT2D eigenvalue weighted by Crippen LogP contribution is -2.34. The minimum atomic E-state index is 0.125. The number of carbonyl (C=O) groups excluding carboxylic acids is 1. The van der Waals surface area contributed by atoms with Crippen LogP contribution in [0, 0.1) is 0 Å². The first-order chi connectivity index (χ1) is 9.69. The standard InChI is InChI=1S/C15H17N3OS/c1-10(19)18-8-7-14-13(9-18)15(17-16-14)11-3-5-12(20-2)6-4-11/h3-6H,7-9H2,1-2H3,(H,16,17). The quantitative estimate of drug-likeness (QED) is 0.864. The third kappa shape index (κ3) is 2.33. The van der Waals surface area contributed by atoms with E-state index in [0.717, 1.165) is 35.5 Å².